The maximum Gasteiger partial charge on any atom is 0.274 e. The molecule has 0 saturated carbocycles. The molecule has 2 saturated heterocycles. The van der Waals surface area contributed by atoms with E-state index in [1.807, 2.05) is 12.1 Å². The van der Waals surface area contributed by atoms with Crippen LogP contribution >= 0.6 is 0 Å². The molecule has 0 spiro atoms. The number of carbonyl (C=O) groups is 1. The first-order chi connectivity index (χ1) is 14.2. The van der Waals surface area contributed by atoms with Crippen molar-refractivity contribution >= 4 is 23.2 Å². The number of carbonyl (C=O) groups excluding carboxylic acids is 1. The number of rotatable bonds is 6. The molecule has 29 heavy (non-hydrogen) atoms. The molecule has 0 radical (unpaired) electrons. The molecule has 1 aromatic heterocycles. The van der Waals surface area contributed by atoms with Crippen LogP contribution in [0.25, 0.3) is 0 Å². The number of amides is 1. The molecule has 2 aromatic rings. The van der Waals surface area contributed by atoms with Crippen LogP contribution in [0.15, 0.2) is 36.5 Å². The average molecular weight is 396 g/mol. The summed E-state index contributed by atoms with van der Waals surface area (Å²) in [6.45, 7) is 5.96. The van der Waals surface area contributed by atoms with Gasteiger partial charge in [-0.1, -0.05) is 6.92 Å². The fourth-order valence-corrected chi connectivity index (χ4v) is 3.80. The molecule has 4 rings (SSSR count). The molecule has 1 atom stereocenters. The number of nitrogens with zero attached hydrogens (tertiary/aromatic N) is 3. The Balaban J connectivity index is 1.33. The van der Waals surface area contributed by atoms with E-state index in [4.69, 9.17) is 4.74 Å². The summed E-state index contributed by atoms with van der Waals surface area (Å²) >= 11 is 0. The van der Waals surface area contributed by atoms with Gasteiger partial charge < -0.3 is 20.3 Å². The zero-order valence-corrected chi connectivity index (χ0v) is 16.9. The average Bonchev–Trinajstić information content (AvgIpc) is 3.27. The summed E-state index contributed by atoms with van der Waals surface area (Å²) in [5.74, 6) is 1.01. The minimum absolute atomic E-state index is 0.192. The van der Waals surface area contributed by atoms with Gasteiger partial charge in [0.05, 0.1) is 6.10 Å². The highest BCUT2D eigenvalue weighted by molar-refractivity contribution is 6.03. The summed E-state index contributed by atoms with van der Waals surface area (Å²) in [5, 5.41) is 6.08. The predicted octanol–water partition coefficient (Wildman–Crippen LogP) is 3.56. The molecule has 0 bridgehead atoms. The van der Waals surface area contributed by atoms with E-state index in [2.05, 4.69) is 44.6 Å². The Morgan fingerprint density at radius 1 is 1.17 bits per heavy atom. The monoisotopic (exact) mass is 395 g/mol. The second-order valence-electron chi connectivity index (χ2n) is 7.95. The second-order valence-corrected chi connectivity index (χ2v) is 7.95. The molecule has 2 aliphatic heterocycles. The molecule has 7 nitrogen and oxygen atoms in total. The zero-order chi connectivity index (χ0) is 20.1. The van der Waals surface area contributed by atoms with Crippen LogP contribution in [0, 0.1) is 5.92 Å². The van der Waals surface area contributed by atoms with E-state index in [9.17, 15) is 4.79 Å². The van der Waals surface area contributed by atoms with Crippen molar-refractivity contribution < 1.29 is 9.53 Å². The number of ether oxygens (including phenoxy) is 1. The van der Waals surface area contributed by atoms with Crippen molar-refractivity contribution in [2.24, 2.45) is 5.92 Å². The number of anilines is 3. The molecule has 0 aliphatic carbocycles. The predicted molar refractivity (Wildman–Crippen MR) is 115 cm³/mol. The smallest absolute Gasteiger partial charge is 0.274 e. The zero-order valence-electron chi connectivity index (χ0n) is 16.9. The minimum Gasteiger partial charge on any atom is -0.376 e. The summed E-state index contributed by atoms with van der Waals surface area (Å²) in [6, 6.07) is 9.66. The third kappa shape index (κ3) is 5.23. The van der Waals surface area contributed by atoms with Gasteiger partial charge in [-0.2, -0.15) is 0 Å². The molecule has 2 aliphatic rings. The van der Waals surface area contributed by atoms with E-state index < -0.39 is 0 Å². The standard InChI is InChI=1S/C22H29N5O2/c1-16-9-12-27(13-10-16)18-6-4-17(5-7-18)25-21(28)20-8-11-23-22(26-20)24-15-19-3-2-14-29-19/h4-8,11,16,19H,2-3,9-10,12-15H2,1H3,(H,25,28)(H,23,24,26). The number of benzene rings is 1. The summed E-state index contributed by atoms with van der Waals surface area (Å²) in [4.78, 5) is 23.5. The van der Waals surface area contributed by atoms with Crippen LogP contribution in [0.4, 0.5) is 17.3 Å². The molecule has 2 fully saturated rings. The lowest BCUT2D eigenvalue weighted by Crippen LogP contribution is -2.32. The molecule has 3 heterocycles. The third-order valence-electron chi connectivity index (χ3n) is 5.67. The number of hydrogen-bond donors (Lipinski definition) is 2. The Hall–Kier alpha value is -2.67. The highest BCUT2D eigenvalue weighted by atomic mass is 16.5. The lowest BCUT2D eigenvalue weighted by Gasteiger charge is -2.32. The largest absolute Gasteiger partial charge is 0.376 e. The van der Waals surface area contributed by atoms with Crippen molar-refractivity contribution in [3.8, 4) is 0 Å². The molecule has 1 amide bonds. The fraction of sp³-hybridized carbons (Fsp3) is 0.500. The highest BCUT2D eigenvalue weighted by Crippen LogP contribution is 2.24. The van der Waals surface area contributed by atoms with Crippen LogP contribution < -0.4 is 15.5 Å². The van der Waals surface area contributed by atoms with Gasteiger partial charge in [0, 0.05) is 43.8 Å². The molecule has 2 N–H and O–H groups in total. The van der Waals surface area contributed by atoms with Crippen molar-refractivity contribution in [3.05, 3.63) is 42.2 Å². The lowest BCUT2D eigenvalue weighted by molar-refractivity contribution is 0.102. The maximum absolute atomic E-state index is 12.6. The molecule has 1 unspecified atom stereocenters. The van der Waals surface area contributed by atoms with Crippen LogP contribution in [0.1, 0.15) is 43.1 Å². The SMILES string of the molecule is CC1CCN(c2ccc(NC(=O)c3ccnc(NCC4CCCO4)n3)cc2)CC1. The Labute approximate surface area is 171 Å². The van der Waals surface area contributed by atoms with Gasteiger partial charge in [0.15, 0.2) is 0 Å². The normalized spacial score (nSPS) is 19.9. The number of hydrogen-bond acceptors (Lipinski definition) is 6. The van der Waals surface area contributed by atoms with E-state index in [-0.39, 0.29) is 12.0 Å². The fourth-order valence-electron chi connectivity index (χ4n) is 3.80. The summed E-state index contributed by atoms with van der Waals surface area (Å²) in [7, 11) is 0. The van der Waals surface area contributed by atoms with Crippen LogP contribution in [-0.2, 0) is 4.74 Å². The van der Waals surface area contributed by atoms with Crippen LogP contribution in [0.3, 0.4) is 0 Å². The van der Waals surface area contributed by atoms with E-state index in [1.165, 1.54) is 18.5 Å². The van der Waals surface area contributed by atoms with E-state index in [1.54, 1.807) is 12.3 Å². The van der Waals surface area contributed by atoms with Crippen LogP contribution in [0.5, 0.6) is 0 Å². The Kier molecular flexibility index (Phi) is 6.24. The van der Waals surface area contributed by atoms with Crippen molar-refractivity contribution in [3.63, 3.8) is 0 Å². The number of nitrogens with one attached hydrogen (secondary N) is 2. The number of aromatic nitrogens is 2. The van der Waals surface area contributed by atoms with Crippen molar-refractivity contribution in [1.82, 2.24) is 9.97 Å². The lowest BCUT2D eigenvalue weighted by atomic mass is 9.99. The molecule has 1 aromatic carbocycles. The first kappa shape index (κ1) is 19.6. The van der Waals surface area contributed by atoms with Gasteiger partial charge in [-0.25, -0.2) is 9.97 Å². The Bertz CT molecular complexity index is 812. The van der Waals surface area contributed by atoms with Crippen LogP contribution in [0.2, 0.25) is 0 Å². The Morgan fingerprint density at radius 2 is 1.97 bits per heavy atom. The van der Waals surface area contributed by atoms with Gasteiger partial charge in [0.2, 0.25) is 5.95 Å². The van der Waals surface area contributed by atoms with Gasteiger partial charge in [-0.15, -0.1) is 0 Å². The first-order valence-corrected chi connectivity index (χ1v) is 10.5. The number of piperidine rings is 1. The van der Waals surface area contributed by atoms with Crippen molar-refractivity contribution in [1.29, 1.82) is 0 Å². The first-order valence-electron chi connectivity index (χ1n) is 10.5. The second kappa shape index (κ2) is 9.22. The van der Waals surface area contributed by atoms with E-state index in [0.29, 0.717) is 18.2 Å². The van der Waals surface area contributed by atoms with Gasteiger partial charge in [0.1, 0.15) is 5.69 Å². The van der Waals surface area contributed by atoms with Crippen LogP contribution in [-0.4, -0.2) is 48.2 Å². The summed E-state index contributed by atoms with van der Waals surface area (Å²) < 4.78 is 5.59. The maximum atomic E-state index is 12.6. The van der Waals surface area contributed by atoms with Gasteiger partial charge in [-0.3, -0.25) is 4.79 Å². The quantitative estimate of drug-likeness (QED) is 0.779. The highest BCUT2D eigenvalue weighted by Gasteiger charge is 2.17. The third-order valence-corrected chi connectivity index (χ3v) is 5.67. The molecule has 7 heteroatoms. The molecular weight excluding hydrogens is 366 g/mol. The summed E-state index contributed by atoms with van der Waals surface area (Å²) in [5.41, 5.74) is 2.30. The van der Waals surface area contributed by atoms with Gasteiger partial charge >= 0.3 is 0 Å². The minimum atomic E-state index is -0.243. The van der Waals surface area contributed by atoms with Crippen molar-refractivity contribution in [2.75, 3.05) is 41.8 Å². The van der Waals surface area contributed by atoms with Gasteiger partial charge in [-0.05, 0) is 61.9 Å². The summed E-state index contributed by atoms with van der Waals surface area (Å²) in [6.07, 6.45) is 6.38. The van der Waals surface area contributed by atoms with E-state index in [0.717, 1.165) is 44.1 Å². The molecule has 154 valence electrons. The molecular formula is C22H29N5O2. The Morgan fingerprint density at radius 3 is 2.69 bits per heavy atom. The topological polar surface area (TPSA) is 79.4 Å². The van der Waals surface area contributed by atoms with Crippen molar-refractivity contribution in [2.45, 2.75) is 38.7 Å². The van der Waals surface area contributed by atoms with Gasteiger partial charge in [0.25, 0.3) is 5.91 Å². The van der Waals surface area contributed by atoms with E-state index >= 15 is 0 Å².